The molecular formula is C14H18N4O3. The van der Waals surface area contributed by atoms with E-state index in [1.54, 1.807) is 17.2 Å². The molecule has 0 aromatic carbocycles. The van der Waals surface area contributed by atoms with Crippen molar-refractivity contribution in [1.82, 2.24) is 15.2 Å². The molecule has 0 aliphatic carbocycles. The van der Waals surface area contributed by atoms with E-state index >= 15 is 0 Å². The van der Waals surface area contributed by atoms with E-state index < -0.39 is 0 Å². The van der Waals surface area contributed by atoms with Gasteiger partial charge in [0.2, 0.25) is 5.91 Å². The summed E-state index contributed by atoms with van der Waals surface area (Å²) in [5, 5.41) is 2.70. The fraction of sp³-hybridized carbons (Fsp3) is 0.500. The topological polar surface area (TPSA) is 74.8 Å². The van der Waals surface area contributed by atoms with E-state index in [0.29, 0.717) is 31.9 Å². The standard InChI is InChI=1S/C14H18N4O3/c19-13-10-18(4-3-15-13)14(20)11-1-2-12(16-9-11)17-5-7-21-8-6-17/h1-2,9H,3-8,10H2,(H,15,19). The smallest absolute Gasteiger partial charge is 0.255 e. The number of aromatic nitrogens is 1. The number of pyridine rings is 1. The Hall–Kier alpha value is -2.15. The molecular weight excluding hydrogens is 272 g/mol. The van der Waals surface area contributed by atoms with Crippen LogP contribution in [-0.4, -0.2) is 67.6 Å². The van der Waals surface area contributed by atoms with Crippen molar-refractivity contribution in [3.8, 4) is 0 Å². The molecule has 7 heteroatoms. The zero-order chi connectivity index (χ0) is 14.7. The van der Waals surface area contributed by atoms with Crippen LogP contribution < -0.4 is 10.2 Å². The first-order chi connectivity index (χ1) is 10.2. The first kappa shape index (κ1) is 13.8. The molecule has 0 unspecified atom stereocenters. The van der Waals surface area contributed by atoms with Gasteiger partial charge in [-0.3, -0.25) is 9.59 Å². The van der Waals surface area contributed by atoms with Crippen LogP contribution in [-0.2, 0) is 9.53 Å². The van der Waals surface area contributed by atoms with Crippen molar-refractivity contribution in [1.29, 1.82) is 0 Å². The summed E-state index contributed by atoms with van der Waals surface area (Å²) in [6, 6.07) is 3.62. The number of morpholine rings is 1. The van der Waals surface area contributed by atoms with Crippen molar-refractivity contribution in [2.75, 3.05) is 50.8 Å². The number of amides is 2. The van der Waals surface area contributed by atoms with Gasteiger partial charge >= 0.3 is 0 Å². The number of rotatable bonds is 2. The van der Waals surface area contributed by atoms with E-state index in [0.717, 1.165) is 18.9 Å². The van der Waals surface area contributed by atoms with Gasteiger partial charge < -0.3 is 19.9 Å². The fourth-order valence-corrected chi connectivity index (χ4v) is 2.49. The minimum Gasteiger partial charge on any atom is -0.378 e. The third kappa shape index (κ3) is 3.13. The maximum absolute atomic E-state index is 12.3. The van der Waals surface area contributed by atoms with E-state index in [4.69, 9.17) is 4.74 Å². The van der Waals surface area contributed by atoms with Gasteiger partial charge in [0.05, 0.1) is 25.3 Å². The van der Waals surface area contributed by atoms with Crippen molar-refractivity contribution in [3.05, 3.63) is 23.9 Å². The fourth-order valence-electron chi connectivity index (χ4n) is 2.49. The number of carbonyl (C=O) groups is 2. The Morgan fingerprint density at radius 1 is 1.24 bits per heavy atom. The molecule has 7 nitrogen and oxygen atoms in total. The number of nitrogens with one attached hydrogen (secondary N) is 1. The van der Waals surface area contributed by atoms with Gasteiger partial charge in [0, 0.05) is 32.4 Å². The minimum atomic E-state index is -0.147. The molecule has 2 fully saturated rings. The van der Waals surface area contributed by atoms with Crippen LogP contribution in [0.3, 0.4) is 0 Å². The van der Waals surface area contributed by atoms with E-state index in [-0.39, 0.29) is 18.4 Å². The molecule has 0 spiro atoms. The SMILES string of the molecule is O=C1CN(C(=O)c2ccc(N3CCOCC3)nc2)CCN1. The monoisotopic (exact) mass is 290 g/mol. The quantitative estimate of drug-likeness (QED) is 0.794. The van der Waals surface area contributed by atoms with Crippen molar-refractivity contribution in [2.24, 2.45) is 0 Å². The van der Waals surface area contributed by atoms with Crippen LogP contribution in [0.5, 0.6) is 0 Å². The molecule has 2 amide bonds. The second kappa shape index (κ2) is 6.09. The normalized spacial score (nSPS) is 19.3. The van der Waals surface area contributed by atoms with Gasteiger partial charge in [-0.2, -0.15) is 0 Å². The predicted molar refractivity (Wildman–Crippen MR) is 76.2 cm³/mol. The molecule has 0 radical (unpaired) electrons. The Morgan fingerprint density at radius 2 is 2.05 bits per heavy atom. The summed E-state index contributed by atoms with van der Waals surface area (Å²) >= 11 is 0. The molecule has 2 saturated heterocycles. The van der Waals surface area contributed by atoms with Crippen LogP contribution >= 0.6 is 0 Å². The number of nitrogens with zero attached hydrogens (tertiary/aromatic N) is 3. The summed E-state index contributed by atoms with van der Waals surface area (Å²) in [6.45, 7) is 4.18. The molecule has 112 valence electrons. The molecule has 0 atom stereocenters. The zero-order valence-electron chi connectivity index (χ0n) is 11.7. The summed E-state index contributed by atoms with van der Waals surface area (Å²) in [4.78, 5) is 31.7. The minimum absolute atomic E-state index is 0.115. The molecule has 3 heterocycles. The van der Waals surface area contributed by atoms with Crippen molar-refractivity contribution in [2.45, 2.75) is 0 Å². The van der Waals surface area contributed by atoms with Gasteiger partial charge in [-0.15, -0.1) is 0 Å². The van der Waals surface area contributed by atoms with Gasteiger partial charge in [0.25, 0.3) is 5.91 Å². The lowest BCUT2D eigenvalue weighted by atomic mass is 10.2. The second-order valence-corrected chi connectivity index (χ2v) is 5.08. The maximum Gasteiger partial charge on any atom is 0.255 e. The lowest BCUT2D eigenvalue weighted by molar-refractivity contribution is -0.123. The highest BCUT2D eigenvalue weighted by Gasteiger charge is 2.22. The Kier molecular flexibility index (Phi) is 4.01. The highest BCUT2D eigenvalue weighted by Crippen LogP contribution is 2.14. The largest absolute Gasteiger partial charge is 0.378 e. The first-order valence-corrected chi connectivity index (χ1v) is 7.09. The van der Waals surface area contributed by atoms with E-state index in [9.17, 15) is 9.59 Å². The summed E-state index contributed by atoms with van der Waals surface area (Å²) in [6.07, 6.45) is 1.58. The number of ether oxygens (including phenoxy) is 1. The van der Waals surface area contributed by atoms with E-state index in [2.05, 4.69) is 15.2 Å². The number of piperazine rings is 1. The Bertz CT molecular complexity index is 526. The van der Waals surface area contributed by atoms with Gasteiger partial charge in [0.15, 0.2) is 0 Å². The van der Waals surface area contributed by atoms with Crippen LogP contribution in [0.15, 0.2) is 18.3 Å². The first-order valence-electron chi connectivity index (χ1n) is 7.09. The number of hydrogen-bond acceptors (Lipinski definition) is 5. The van der Waals surface area contributed by atoms with Gasteiger partial charge in [-0.1, -0.05) is 0 Å². The highest BCUT2D eigenvalue weighted by atomic mass is 16.5. The van der Waals surface area contributed by atoms with Crippen molar-refractivity contribution in [3.63, 3.8) is 0 Å². The lowest BCUT2D eigenvalue weighted by Crippen LogP contribution is -2.50. The van der Waals surface area contributed by atoms with Gasteiger partial charge in [0.1, 0.15) is 5.82 Å². The maximum atomic E-state index is 12.3. The van der Waals surface area contributed by atoms with Gasteiger partial charge in [-0.05, 0) is 12.1 Å². The average molecular weight is 290 g/mol. The molecule has 3 rings (SSSR count). The predicted octanol–water partition coefficient (Wildman–Crippen LogP) is -0.510. The summed E-state index contributed by atoms with van der Waals surface area (Å²) < 4.78 is 5.30. The Morgan fingerprint density at radius 3 is 2.71 bits per heavy atom. The van der Waals surface area contributed by atoms with E-state index in [1.807, 2.05) is 6.07 Å². The number of anilines is 1. The molecule has 1 aromatic rings. The van der Waals surface area contributed by atoms with Crippen LogP contribution in [0, 0.1) is 0 Å². The molecule has 1 N–H and O–H groups in total. The van der Waals surface area contributed by atoms with Gasteiger partial charge in [-0.25, -0.2) is 4.98 Å². The summed E-state index contributed by atoms with van der Waals surface area (Å²) in [7, 11) is 0. The Labute approximate surface area is 122 Å². The highest BCUT2D eigenvalue weighted by molar-refractivity contribution is 5.96. The molecule has 2 aliphatic heterocycles. The molecule has 21 heavy (non-hydrogen) atoms. The molecule has 1 aromatic heterocycles. The third-order valence-corrected chi connectivity index (χ3v) is 3.66. The van der Waals surface area contributed by atoms with Crippen molar-refractivity contribution >= 4 is 17.6 Å². The summed E-state index contributed by atoms with van der Waals surface area (Å²) in [5.74, 6) is 0.588. The zero-order valence-corrected chi connectivity index (χ0v) is 11.7. The second-order valence-electron chi connectivity index (χ2n) is 5.08. The number of carbonyl (C=O) groups excluding carboxylic acids is 2. The van der Waals surface area contributed by atoms with Crippen LogP contribution in [0.1, 0.15) is 10.4 Å². The molecule has 2 aliphatic rings. The van der Waals surface area contributed by atoms with Crippen molar-refractivity contribution < 1.29 is 14.3 Å². The summed E-state index contributed by atoms with van der Waals surface area (Å²) in [5.41, 5.74) is 0.515. The third-order valence-electron chi connectivity index (χ3n) is 3.66. The molecule has 0 saturated carbocycles. The lowest BCUT2D eigenvalue weighted by Gasteiger charge is -2.28. The Balaban J connectivity index is 1.68. The average Bonchev–Trinajstić information content (AvgIpc) is 2.55. The number of hydrogen-bond donors (Lipinski definition) is 1. The van der Waals surface area contributed by atoms with Crippen LogP contribution in [0.4, 0.5) is 5.82 Å². The van der Waals surface area contributed by atoms with Crippen LogP contribution in [0.25, 0.3) is 0 Å². The van der Waals surface area contributed by atoms with E-state index in [1.165, 1.54) is 0 Å². The van der Waals surface area contributed by atoms with Crippen LogP contribution in [0.2, 0.25) is 0 Å². The molecule has 0 bridgehead atoms.